The van der Waals surface area contributed by atoms with E-state index in [9.17, 15) is 14.9 Å². The summed E-state index contributed by atoms with van der Waals surface area (Å²) in [5, 5.41) is 26.2. The molecule has 0 saturated heterocycles. The van der Waals surface area contributed by atoms with Crippen molar-refractivity contribution in [2.45, 2.75) is 32.7 Å². The van der Waals surface area contributed by atoms with Gasteiger partial charge in [0.15, 0.2) is 5.78 Å². The zero-order chi connectivity index (χ0) is 17.8. The molecule has 0 bridgehead atoms. The summed E-state index contributed by atoms with van der Waals surface area (Å²) in [6, 6.07) is 5.69. The number of ketones is 1. The average Bonchev–Trinajstić information content (AvgIpc) is 2.99. The second-order valence-corrected chi connectivity index (χ2v) is 7.12. The maximum atomic E-state index is 12.9. The van der Waals surface area contributed by atoms with E-state index in [2.05, 4.69) is 20.8 Å². The van der Waals surface area contributed by atoms with Gasteiger partial charge in [0, 0.05) is 23.8 Å². The van der Waals surface area contributed by atoms with Crippen LogP contribution >= 0.6 is 0 Å². The predicted molar refractivity (Wildman–Crippen MR) is 87.7 cm³/mol. The Morgan fingerprint density at radius 3 is 2.84 bits per heavy atom. The number of nitro benzene ring substituents is 1. The maximum Gasteiger partial charge on any atom is 0.275 e. The quantitative estimate of drug-likeness (QED) is 0.658. The number of nitrogens with zero attached hydrogens (tertiary/aromatic N) is 5. The maximum absolute atomic E-state index is 12.9. The molecule has 1 aliphatic carbocycles. The first-order chi connectivity index (χ1) is 11.9. The van der Waals surface area contributed by atoms with Crippen LogP contribution in [0.4, 0.5) is 11.6 Å². The number of fused-ring (bicyclic) bond motifs is 1. The molecule has 0 amide bonds. The molecule has 4 rings (SSSR count). The van der Waals surface area contributed by atoms with Crippen LogP contribution in [-0.2, 0) is 4.79 Å². The van der Waals surface area contributed by atoms with Crippen LogP contribution in [0, 0.1) is 15.5 Å². The van der Waals surface area contributed by atoms with Crippen molar-refractivity contribution in [2.24, 2.45) is 5.41 Å². The molecule has 25 heavy (non-hydrogen) atoms. The summed E-state index contributed by atoms with van der Waals surface area (Å²) in [6.07, 6.45) is 1.03. The van der Waals surface area contributed by atoms with Crippen molar-refractivity contribution in [3.8, 4) is 0 Å². The standard InChI is InChI=1S/C16H16N6O3/c1-16(2)7-10-13(12(23)8-16)14(21-15(17-10)18-19-20-21)9-5-3-4-6-11(9)22(24)25/h3-6,14H,7-8H2,1-2H3,(H,17,18,20). The highest BCUT2D eigenvalue weighted by Crippen LogP contribution is 2.46. The number of hydrogen-bond donors (Lipinski definition) is 1. The van der Waals surface area contributed by atoms with Crippen LogP contribution in [0.2, 0.25) is 0 Å². The third-order valence-corrected chi connectivity index (χ3v) is 4.62. The number of rotatable bonds is 2. The van der Waals surface area contributed by atoms with Gasteiger partial charge < -0.3 is 5.32 Å². The number of allylic oxidation sites excluding steroid dienone is 2. The monoisotopic (exact) mass is 340 g/mol. The van der Waals surface area contributed by atoms with E-state index in [1.54, 1.807) is 18.2 Å². The minimum Gasteiger partial charge on any atom is -0.326 e. The normalized spacial score (nSPS) is 21.4. The van der Waals surface area contributed by atoms with Crippen LogP contribution in [0.1, 0.15) is 38.3 Å². The van der Waals surface area contributed by atoms with Crippen molar-refractivity contribution in [3.63, 3.8) is 0 Å². The predicted octanol–water partition coefficient (Wildman–Crippen LogP) is 2.24. The zero-order valence-corrected chi connectivity index (χ0v) is 13.8. The highest BCUT2D eigenvalue weighted by molar-refractivity contribution is 6.00. The van der Waals surface area contributed by atoms with Gasteiger partial charge in [-0.25, -0.2) is 0 Å². The molecular formula is C16H16N6O3. The van der Waals surface area contributed by atoms with Crippen LogP contribution in [0.5, 0.6) is 0 Å². The lowest BCUT2D eigenvalue weighted by atomic mass is 9.73. The summed E-state index contributed by atoms with van der Waals surface area (Å²) in [5.41, 5.74) is 1.41. The number of Topliss-reactive ketones (excluding diaryl/α,β-unsaturated/α-hetero) is 1. The number of para-hydroxylation sites is 1. The van der Waals surface area contributed by atoms with E-state index < -0.39 is 11.0 Å². The van der Waals surface area contributed by atoms with Crippen LogP contribution < -0.4 is 5.32 Å². The van der Waals surface area contributed by atoms with Crippen molar-refractivity contribution in [3.05, 3.63) is 51.2 Å². The van der Waals surface area contributed by atoms with Crippen LogP contribution in [0.25, 0.3) is 0 Å². The minimum atomic E-state index is -0.702. The molecule has 0 fully saturated rings. The van der Waals surface area contributed by atoms with E-state index in [1.165, 1.54) is 10.7 Å². The highest BCUT2D eigenvalue weighted by Gasteiger charge is 2.43. The Kier molecular flexibility index (Phi) is 3.21. The van der Waals surface area contributed by atoms with E-state index in [0.717, 1.165) is 5.70 Å². The molecule has 0 radical (unpaired) electrons. The Hall–Kier alpha value is -3.10. The van der Waals surface area contributed by atoms with Gasteiger partial charge in [0.2, 0.25) is 5.95 Å². The van der Waals surface area contributed by atoms with E-state index in [-0.39, 0.29) is 16.9 Å². The lowest BCUT2D eigenvalue weighted by molar-refractivity contribution is -0.385. The fourth-order valence-electron chi connectivity index (χ4n) is 3.64. The van der Waals surface area contributed by atoms with E-state index in [0.29, 0.717) is 29.9 Å². The Morgan fingerprint density at radius 1 is 1.32 bits per heavy atom. The Labute approximate surface area is 142 Å². The molecule has 9 nitrogen and oxygen atoms in total. The number of hydrogen-bond acceptors (Lipinski definition) is 7. The number of nitro groups is 1. The highest BCUT2D eigenvalue weighted by atomic mass is 16.6. The number of carbonyl (C=O) groups excluding carboxylic acids is 1. The Balaban J connectivity index is 1.96. The number of nitrogens with one attached hydrogen (secondary N) is 1. The summed E-state index contributed by atoms with van der Waals surface area (Å²) in [4.78, 5) is 23.9. The summed E-state index contributed by atoms with van der Waals surface area (Å²) < 4.78 is 1.44. The molecule has 9 heteroatoms. The zero-order valence-electron chi connectivity index (χ0n) is 13.8. The summed E-state index contributed by atoms with van der Waals surface area (Å²) in [7, 11) is 0. The Morgan fingerprint density at radius 2 is 2.08 bits per heavy atom. The van der Waals surface area contributed by atoms with Crippen LogP contribution in [0.15, 0.2) is 35.5 Å². The molecule has 1 atom stereocenters. The third kappa shape index (κ3) is 2.39. The lowest BCUT2D eigenvalue weighted by Crippen LogP contribution is -2.36. The molecule has 1 N–H and O–H groups in total. The molecule has 2 aliphatic rings. The molecule has 1 unspecified atom stereocenters. The van der Waals surface area contributed by atoms with E-state index in [4.69, 9.17) is 0 Å². The first-order valence-corrected chi connectivity index (χ1v) is 7.92. The van der Waals surface area contributed by atoms with Gasteiger partial charge in [-0.3, -0.25) is 14.9 Å². The lowest BCUT2D eigenvalue weighted by Gasteiger charge is -2.37. The van der Waals surface area contributed by atoms with Gasteiger partial charge in [-0.2, -0.15) is 4.68 Å². The fourth-order valence-corrected chi connectivity index (χ4v) is 3.64. The smallest absolute Gasteiger partial charge is 0.275 e. The number of tetrazole rings is 1. The van der Waals surface area contributed by atoms with Crippen molar-refractivity contribution in [2.75, 3.05) is 5.32 Å². The van der Waals surface area contributed by atoms with Gasteiger partial charge in [-0.15, -0.1) is 0 Å². The number of aromatic nitrogens is 4. The molecular weight excluding hydrogens is 324 g/mol. The van der Waals surface area contributed by atoms with Gasteiger partial charge >= 0.3 is 0 Å². The molecule has 1 aromatic heterocycles. The molecule has 2 heterocycles. The van der Waals surface area contributed by atoms with E-state index >= 15 is 0 Å². The third-order valence-electron chi connectivity index (χ3n) is 4.62. The summed E-state index contributed by atoms with van der Waals surface area (Å²) in [6.45, 7) is 4.04. The molecule has 0 saturated carbocycles. The number of anilines is 1. The topological polar surface area (TPSA) is 116 Å². The van der Waals surface area contributed by atoms with Gasteiger partial charge in [0.25, 0.3) is 5.69 Å². The second-order valence-electron chi connectivity index (χ2n) is 7.12. The van der Waals surface area contributed by atoms with Crippen molar-refractivity contribution in [1.82, 2.24) is 20.2 Å². The van der Waals surface area contributed by atoms with Crippen molar-refractivity contribution < 1.29 is 9.72 Å². The molecule has 1 aromatic carbocycles. The van der Waals surface area contributed by atoms with Gasteiger partial charge in [0.1, 0.15) is 6.04 Å². The molecule has 1 aliphatic heterocycles. The van der Waals surface area contributed by atoms with Gasteiger partial charge in [-0.1, -0.05) is 31.1 Å². The van der Waals surface area contributed by atoms with Crippen molar-refractivity contribution >= 4 is 17.4 Å². The number of carbonyl (C=O) groups is 1. The Bertz CT molecular complexity index is 929. The van der Waals surface area contributed by atoms with Crippen LogP contribution in [-0.4, -0.2) is 30.9 Å². The van der Waals surface area contributed by atoms with E-state index in [1.807, 2.05) is 13.8 Å². The van der Waals surface area contributed by atoms with Gasteiger partial charge in [0.05, 0.1) is 10.5 Å². The average molecular weight is 340 g/mol. The largest absolute Gasteiger partial charge is 0.326 e. The first kappa shape index (κ1) is 15.4. The minimum absolute atomic E-state index is 0.0388. The summed E-state index contributed by atoms with van der Waals surface area (Å²) >= 11 is 0. The SMILES string of the molecule is CC1(C)CC(=O)C2=C(C1)Nc1nnnn1C2c1ccccc1[N+](=O)[O-]. The molecule has 2 aromatic rings. The first-order valence-electron chi connectivity index (χ1n) is 7.92. The molecule has 128 valence electrons. The van der Waals surface area contributed by atoms with Crippen molar-refractivity contribution in [1.29, 1.82) is 0 Å². The summed E-state index contributed by atoms with van der Waals surface area (Å²) in [5.74, 6) is 0.343. The van der Waals surface area contributed by atoms with Gasteiger partial charge in [-0.05, 0) is 28.3 Å². The molecule has 0 spiro atoms. The second kappa shape index (κ2) is 5.20. The number of benzene rings is 1. The fraction of sp³-hybridized carbons (Fsp3) is 0.375. The van der Waals surface area contributed by atoms with Crippen LogP contribution in [0.3, 0.4) is 0 Å².